The number of rotatable bonds is 6. The van der Waals surface area contributed by atoms with Crippen LogP contribution in [-0.4, -0.2) is 16.3 Å². The summed E-state index contributed by atoms with van der Waals surface area (Å²) in [6.45, 7) is 5.12. The minimum atomic E-state index is 0.173. The molecule has 1 aromatic heterocycles. The highest BCUT2D eigenvalue weighted by molar-refractivity contribution is 6.42. The lowest BCUT2D eigenvalue weighted by molar-refractivity contribution is 0.493. The van der Waals surface area contributed by atoms with E-state index in [4.69, 9.17) is 23.2 Å². The van der Waals surface area contributed by atoms with E-state index >= 15 is 0 Å². The van der Waals surface area contributed by atoms with Crippen LogP contribution in [0.25, 0.3) is 0 Å². The highest BCUT2D eigenvalue weighted by atomic mass is 35.5. The molecule has 3 nitrogen and oxygen atoms in total. The fourth-order valence-electron chi connectivity index (χ4n) is 2.48. The molecule has 1 N–H and O–H groups in total. The quantitative estimate of drug-likeness (QED) is 0.857. The normalized spacial score (nSPS) is 12.6. The molecular weight excluding hydrogens is 305 g/mol. The van der Waals surface area contributed by atoms with Crippen LogP contribution in [0.1, 0.15) is 36.3 Å². The number of aromatic nitrogens is 2. The first-order valence-electron chi connectivity index (χ1n) is 7.19. The van der Waals surface area contributed by atoms with Gasteiger partial charge in [-0.05, 0) is 44.0 Å². The molecule has 0 saturated heterocycles. The van der Waals surface area contributed by atoms with Crippen molar-refractivity contribution in [3.63, 3.8) is 0 Å². The summed E-state index contributed by atoms with van der Waals surface area (Å²) in [5.74, 6) is 0. The van der Waals surface area contributed by atoms with Crippen molar-refractivity contribution in [3.05, 3.63) is 51.3 Å². The average molecular weight is 326 g/mol. The van der Waals surface area contributed by atoms with Crippen LogP contribution >= 0.6 is 23.2 Å². The molecule has 0 aliphatic rings. The number of hydrogen-bond donors (Lipinski definition) is 1. The van der Waals surface area contributed by atoms with Gasteiger partial charge in [0, 0.05) is 7.05 Å². The maximum Gasteiger partial charge on any atom is 0.0625 e. The highest BCUT2D eigenvalue weighted by Crippen LogP contribution is 2.29. The van der Waals surface area contributed by atoms with Gasteiger partial charge in [-0.2, -0.15) is 5.10 Å². The predicted octanol–water partition coefficient (Wildman–Crippen LogP) is 4.32. The first kappa shape index (κ1) is 16.3. The van der Waals surface area contributed by atoms with Crippen LogP contribution in [0.2, 0.25) is 10.0 Å². The number of nitrogens with one attached hydrogen (secondary N) is 1. The van der Waals surface area contributed by atoms with Crippen LogP contribution in [0.15, 0.2) is 24.3 Å². The molecule has 1 atom stereocenters. The Balaban J connectivity index is 2.28. The number of halogens is 2. The standard InChI is InChI=1S/C16H21Cl2N3/c1-4-8-19-14(15-9-11(2)20-21(15)3)10-12-6-5-7-13(17)16(12)18/h5-7,9,14,19H,4,8,10H2,1-3H3. The maximum absolute atomic E-state index is 6.32. The fraction of sp³-hybridized carbons (Fsp3) is 0.438. The van der Waals surface area contributed by atoms with E-state index in [-0.39, 0.29) is 6.04 Å². The molecule has 1 heterocycles. The van der Waals surface area contributed by atoms with Gasteiger partial charge < -0.3 is 5.32 Å². The molecule has 1 aromatic carbocycles. The predicted molar refractivity (Wildman–Crippen MR) is 89.1 cm³/mol. The Morgan fingerprint density at radius 2 is 2.10 bits per heavy atom. The Bertz CT molecular complexity index is 608. The molecule has 2 rings (SSSR count). The molecule has 114 valence electrons. The van der Waals surface area contributed by atoms with E-state index in [0.29, 0.717) is 10.0 Å². The molecule has 0 aliphatic carbocycles. The Hall–Kier alpha value is -1.03. The topological polar surface area (TPSA) is 29.9 Å². The van der Waals surface area contributed by atoms with Crippen molar-refractivity contribution in [2.75, 3.05) is 6.54 Å². The van der Waals surface area contributed by atoms with Crippen molar-refractivity contribution >= 4 is 23.2 Å². The van der Waals surface area contributed by atoms with Crippen LogP contribution < -0.4 is 5.32 Å². The summed E-state index contributed by atoms with van der Waals surface area (Å²) in [6, 6.07) is 8.07. The van der Waals surface area contributed by atoms with E-state index in [1.807, 2.05) is 36.9 Å². The summed E-state index contributed by atoms with van der Waals surface area (Å²) in [6.07, 6.45) is 1.87. The first-order chi connectivity index (χ1) is 10.0. The largest absolute Gasteiger partial charge is 0.308 e. The van der Waals surface area contributed by atoms with E-state index in [2.05, 4.69) is 23.4 Å². The molecular formula is C16H21Cl2N3. The molecule has 0 radical (unpaired) electrons. The molecule has 0 bridgehead atoms. The van der Waals surface area contributed by atoms with Crippen LogP contribution in [0.3, 0.4) is 0 Å². The lowest BCUT2D eigenvalue weighted by atomic mass is 10.0. The number of hydrogen-bond acceptors (Lipinski definition) is 2. The number of aryl methyl sites for hydroxylation is 2. The molecule has 21 heavy (non-hydrogen) atoms. The van der Waals surface area contributed by atoms with E-state index in [9.17, 15) is 0 Å². The lowest BCUT2D eigenvalue weighted by Crippen LogP contribution is -2.26. The first-order valence-corrected chi connectivity index (χ1v) is 7.95. The second-order valence-electron chi connectivity index (χ2n) is 5.26. The maximum atomic E-state index is 6.32. The fourth-order valence-corrected chi connectivity index (χ4v) is 2.88. The summed E-state index contributed by atoms with van der Waals surface area (Å²) >= 11 is 12.4. The highest BCUT2D eigenvalue weighted by Gasteiger charge is 2.18. The van der Waals surface area contributed by atoms with Crippen LogP contribution in [0.4, 0.5) is 0 Å². The summed E-state index contributed by atoms with van der Waals surface area (Å²) in [7, 11) is 1.97. The Kier molecular flexibility index (Phi) is 5.68. The lowest BCUT2D eigenvalue weighted by Gasteiger charge is -2.20. The summed E-state index contributed by atoms with van der Waals surface area (Å²) in [4.78, 5) is 0. The van der Waals surface area contributed by atoms with E-state index < -0.39 is 0 Å². The summed E-state index contributed by atoms with van der Waals surface area (Å²) in [5.41, 5.74) is 3.24. The third-order valence-electron chi connectivity index (χ3n) is 3.49. The van der Waals surface area contributed by atoms with E-state index in [1.54, 1.807) is 0 Å². The van der Waals surface area contributed by atoms with Gasteiger partial charge in [-0.15, -0.1) is 0 Å². The Labute approximate surface area is 136 Å². The van der Waals surface area contributed by atoms with Crippen molar-refractivity contribution in [2.45, 2.75) is 32.7 Å². The van der Waals surface area contributed by atoms with Gasteiger partial charge in [0.15, 0.2) is 0 Å². The molecule has 0 spiro atoms. The van der Waals surface area contributed by atoms with Gasteiger partial charge in [-0.3, -0.25) is 4.68 Å². The van der Waals surface area contributed by atoms with E-state index in [0.717, 1.165) is 36.3 Å². The van der Waals surface area contributed by atoms with Crippen molar-refractivity contribution in [2.24, 2.45) is 7.05 Å². The number of nitrogens with zero attached hydrogens (tertiary/aromatic N) is 2. The minimum absolute atomic E-state index is 0.173. The van der Waals surface area contributed by atoms with Crippen LogP contribution in [0, 0.1) is 6.92 Å². The van der Waals surface area contributed by atoms with Gasteiger partial charge in [0.25, 0.3) is 0 Å². The third-order valence-corrected chi connectivity index (χ3v) is 4.35. The van der Waals surface area contributed by atoms with E-state index in [1.165, 1.54) is 0 Å². The van der Waals surface area contributed by atoms with Crippen LogP contribution in [0.5, 0.6) is 0 Å². The molecule has 1 unspecified atom stereocenters. The van der Waals surface area contributed by atoms with Gasteiger partial charge >= 0.3 is 0 Å². The van der Waals surface area contributed by atoms with Crippen molar-refractivity contribution < 1.29 is 0 Å². The zero-order valence-corrected chi connectivity index (χ0v) is 14.2. The second-order valence-corrected chi connectivity index (χ2v) is 6.04. The van der Waals surface area contributed by atoms with Crippen molar-refractivity contribution in [1.82, 2.24) is 15.1 Å². The van der Waals surface area contributed by atoms with Crippen molar-refractivity contribution in [3.8, 4) is 0 Å². The van der Waals surface area contributed by atoms with Gasteiger partial charge in [-0.1, -0.05) is 42.3 Å². The molecule has 0 aliphatic heterocycles. The van der Waals surface area contributed by atoms with Crippen molar-refractivity contribution in [1.29, 1.82) is 0 Å². The Morgan fingerprint density at radius 1 is 1.33 bits per heavy atom. The zero-order valence-electron chi connectivity index (χ0n) is 12.7. The SMILES string of the molecule is CCCNC(Cc1cccc(Cl)c1Cl)c1cc(C)nn1C. The minimum Gasteiger partial charge on any atom is -0.308 e. The Morgan fingerprint density at radius 3 is 2.71 bits per heavy atom. The average Bonchev–Trinajstić information content (AvgIpc) is 2.78. The zero-order chi connectivity index (χ0) is 15.4. The number of benzene rings is 1. The third kappa shape index (κ3) is 4.00. The molecule has 0 amide bonds. The molecule has 5 heteroatoms. The van der Waals surface area contributed by atoms with Gasteiger partial charge in [0.2, 0.25) is 0 Å². The van der Waals surface area contributed by atoms with Gasteiger partial charge in [-0.25, -0.2) is 0 Å². The molecule has 0 fully saturated rings. The molecule has 2 aromatic rings. The summed E-state index contributed by atoms with van der Waals surface area (Å²) < 4.78 is 1.93. The summed E-state index contributed by atoms with van der Waals surface area (Å²) in [5, 5.41) is 9.25. The second kappa shape index (κ2) is 7.30. The van der Waals surface area contributed by atoms with Gasteiger partial charge in [0.1, 0.15) is 0 Å². The smallest absolute Gasteiger partial charge is 0.0625 e. The monoisotopic (exact) mass is 325 g/mol. The van der Waals surface area contributed by atoms with Crippen LogP contribution in [-0.2, 0) is 13.5 Å². The van der Waals surface area contributed by atoms with Gasteiger partial charge in [0.05, 0.1) is 27.5 Å². The molecule has 0 saturated carbocycles.